The Bertz CT molecular complexity index is 1450. The second-order valence-corrected chi connectivity index (χ2v) is 10.8. The Balaban J connectivity index is 1.17. The summed E-state index contributed by atoms with van der Waals surface area (Å²) in [5.41, 5.74) is 6.38. The monoisotopic (exact) mass is 533 g/mol. The number of fused-ring (bicyclic) bond motifs is 2. The fourth-order valence-corrected chi connectivity index (χ4v) is 6.41. The number of hydrogen-bond acceptors (Lipinski definition) is 7. The van der Waals surface area contributed by atoms with Gasteiger partial charge in [-0.1, -0.05) is 0 Å². The van der Waals surface area contributed by atoms with Crippen LogP contribution in [0, 0.1) is 0 Å². The number of carbonyl (C=O) groups is 3. The molecule has 0 aliphatic carbocycles. The Morgan fingerprint density at radius 3 is 2.54 bits per heavy atom. The first kappa shape index (κ1) is 25.4. The Hall–Kier alpha value is -3.89. The molecular formula is C28H35N7O4. The molecule has 3 amide bonds. The lowest BCUT2D eigenvalue weighted by atomic mass is 9.89. The first-order valence-electron chi connectivity index (χ1n) is 13.9. The molecular weight excluding hydrogens is 498 g/mol. The van der Waals surface area contributed by atoms with Crippen molar-refractivity contribution in [2.45, 2.75) is 57.4 Å². The molecule has 11 nitrogen and oxygen atoms in total. The number of nitrogens with zero attached hydrogens (tertiary/aromatic N) is 6. The number of aromatic nitrogens is 4. The van der Waals surface area contributed by atoms with Crippen LogP contribution in [-0.4, -0.2) is 68.6 Å². The van der Waals surface area contributed by atoms with Gasteiger partial charge in [0.15, 0.2) is 0 Å². The molecule has 0 bridgehead atoms. The molecule has 0 spiro atoms. The van der Waals surface area contributed by atoms with Crippen LogP contribution in [-0.2, 0) is 41.4 Å². The van der Waals surface area contributed by atoms with Crippen LogP contribution < -0.4 is 10.2 Å². The first-order valence-corrected chi connectivity index (χ1v) is 13.9. The highest BCUT2D eigenvalue weighted by Gasteiger charge is 2.33. The highest BCUT2D eigenvalue weighted by atomic mass is 16.6. The molecule has 2 aromatic heterocycles. The Morgan fingerprint density at radius 1 is 1.03 bits per heavy atom. The summed E-state index contributed by atoms with van der Waals surface area (Å²) in [5.74, 6) is -0.542. The minimum Gasteiger partial charge on any atom is -0.450 e. The highest BCUT2D eigenvalue weighted by molar-refractivity contribution is 6.02. The van der Waals surface area contributed by atoms with Crippen LogP contribution >= 0.6 is 0 Å². The normalized spacial score (nSPS) is 20.3. The fourth-order valence-electron chi connectivity index (χ4n) is 6.41. The number of hydrogen-bond donors (Lipinski definition) is 1. The third-order valence-electron chi connectivity index (χ3n) is 8.48. The smallest absolute Gasteiger partial charge is 0.410 e. The van der Waals surface area contributed by atoms with Crippen LogP contribution in [0.3, 0.4) is 0 Å². The molecule has 0 radical (unpaired) electrons. The number of piperidine rings is 2. The molecule has 11 heteroatoms. The van der Waals surface area contributed by atoms with E-state index in [2.05, 4.69) is 33.5 Å². The van der Waals surface area contributed by atoms with Gasteiger partial charge in [-0.2, -0.15) is 10.2 Å². The number of ether oxygens (including phenoxy) is 1. The summed E-state index contributed by atoms with van der Waals surface area (Å²) in [6.45, 7) is 5.24. The maximum atomic E-state index is 12.5. The average Bonchev–Trinajstić information content (AvgIpc) is 3.44. The van der Waals surface area contributed by atoms with Crippen molar-refractivity contribution in [1.29, 1.82) is 0 Å². The summed E-state index contributed by atoms with van der Waals surface area (Å²) >= 11 is 0. The lowest BCUT2D eigenvalue weighted by Gasteiger charge is -2.34. The summed E-state index contributed by atoms with van der Waals surface area (Å²) in [4.78, 5) is 40.6. The minimum atomic E-state index is -0.406. The second kappa shape index (κ2) is 10.0. The first-order chi connectivity index (χ1) is 18.8. The van der Waals surface area contributed by atoms with E-state index in [0.717, 1.165) is 60.3 Å². The summed E-state index contributed by atoms with van der Waals surface area (Å²) < 4.78 is 9.08. The molecule has 5 heterocycles. The average molecular weight is 534 g/mol. The van der Waals surface area contributed by atoms with Gasteiger partial charge in [0, 0.05) is 74.8 Å². The largest absolute Gasteiger partial charge is 0.450 e. The Kier molecular flexibility index (Phi) is 6.52. The second-order valence-electron chi connectivity index (χ2n) is 10.8. The van der Waals surface area contributed by atoms with Crippen molar-refractivity contribution >= 4 is 34.5 Å². The third kappa shape index (κ3) is 4.53. The maximum Gasteiger partial charge on any atom is 0.410 e. The van der Waals surface area contributed by atoms with Crippen LogP contribution in [0.2, 0.25) is 0 Å². The molecule has 6 rings (SSSR count). The standard InChI is InChI=1S/C28H35N7O4/c1-4-39-28(38)35-14-11-22-21(16-35)25(30-32(22)2)17-9-12-34(13-10-17)18-5-6-19-23(15-18)33(3)31-26(19)20-7-8-24(36)29-27(20)37/h5-6,15,17,20H,4,7-14,16H2,1-3H3,(H,29,36,37). The topological polar surface area (TPSA) is 115 Å². The number of anilines is 1. The molecule has 2 fully saturated rings. The van der Waals surface area contributed by atoms with Crippen LogP contribution in [0.15, 0.2) is 18.2 Å². The molecule has 0 saturated carbocycles. The predicted octanol–water partition coefficient (Wildman–Crippen LogP) is 2.73. The molecule has 1 atom stereocenters. The van der Waals surface area contributed by atoms with E-state index in [9.17, 15) is 14.4 Å². The molecule has 206 valence electrons. The molecule has 3 aliphatic heterocycles. The maximum absolute atomic E-state index is 12.5. The summed E-state index contributed by atoms with van der Waals surface area (Å²) in [7, 11) is 3.90. The summed E-state index contributed by atoms with van der Waals surface area (Å²) in [5, 5.41) is 13.0. The SMILES string of the molecule is CCOC(=O)N1CCc2c(c(C3CCN(c4ccc5c(C6CCC(=O)NC6=O)nn(C)c5c4)CC3)nn2C)C1. The number of rotatable bonds is 4. The van der Waals surface area contributed by atoms with Gasteiger partial charge in [-0.05, 0) is 44.4 Å². The van der Waals surface area contributed by atoms with Crippen molar-refractivity contribution in [3.8, 4) is 0 Å². The van der Waals surface area contributed by atoms with Gasteiger partial charge in [-0.15, -0.1) is 0 Å². The van der Waals surface area contributed by atoms with Gasteiger partial charge in [-0.3, -0.25) is 24.3 Å². The van der Waals surface area contributed by atoms with Gasteiger partial charge >= 0.3 is 6.09 Å². The fraction of sp³-hybridized carbons (Fsp3) is 0.536. The van der Waals surface area contributed by atoms with E-state index >= 15 is 0 Å². The van der Waals surface area contributed by atoms with Crippen molar-refractivity contribution < 1.29 is 19.1 Å². The van der Waals surface area contributed by atoms with Crippen LogP contribution in [0.4, 0.5) is 10.5 Å². The number of benzene rings is 1. The summed E-state index contributed by atoms with van der Waals surface area (Å²) in [6, 6.07) is 6.32. The van der Waals surface area contributed by atoms with Gasteiger partial charge < -0.3 is 14.5 Å². The van der Waals surface area contributed by atoms with E-state index in [1.165, 1.54) is 11.3 Å². The van der Waals surface area contributed by atoms with Crippen LogP contribution in [0.1, 0.15) is 67.1 Å². The van der Waals surface area contributed by atoms with E-state index in [1.54, 1.807) is 4.90 Å². The van der Waals surface area contributed by atoms with Gasteiger partial charge in [0.2, 0.25) is 11.8 Å². The lowest BCUT2D eigenvalue weighted by molar-refractivity contribution is -0.134. The molecule has 3 aliphatic rings. The molecule has 1 unspecified atom stereocenters. The highest BCUT2D eigenvalue weighted by Crippen LogP contribution is 2.37. The van der Waals surface area contributed by atoms with Crippen LogP contribution in [0.25, 0.3) is 10.9 Å². The zero-order valence-electron chi connectivity index (χ0n) is 22.8. The van der Waals surface area contributed by atoms with Crippen molar-refractivity contribution in [2.75, 3.05) is 31.1 Å². The third-order valence-corrected chi connectivity index (χ3v) is 8.48. The summed E-state index contributed by atoms with van der Waals surface area (Å²) in [6.07, 6.45) is 3.32. The molecule has 39 heavy (non-hydrogen) atoms. The van der Waals surface area contributed by atoms with Crippen molar-refractivity contribution in [1.82, 2.24) is 29.8 Å². The molecule has 1 aromatic carbocycles. The van der Waals surface area contributed by atoms with E-state index in [-0.39, 0.29) is 17.9 Å². The van der Waals surface area contributed by atoms with Gasteiger partial charge in [-0.25, -0.2) is 4.79 Å². The number of aryl methyl sites for hydroxylation is 2. The lowest BCUT2D eigenvalue weighted by Crippen LogP contribution is -2.39. The Labute approximate surface area is 227 Å². The van der Waals surface area contributed by atoms with E-state index in [0.29, 0.717) is 38.5 Å². The molecule has 1 N–H and O–H groups in total. The Morgan fingerprint density at radius 2 is 1.79 bits per heavy atom. The van der Waals surface area contributed by atoms with Crippen molar-refractivity contribution in [3.05, 3.63) is 40.8 Å². The van der Waals surface area contributed by atoms with Gasteiger partial charge in [0.25, 0.3) is 0 Å². The predicted molar refractivity (Wildman–Crippen MR) is 144 cm³/mol. The zero-order chi connectivity index (χ0) is 27.3. The molecule has 3 aromatic rings. The number of imide groups is 1. The number of nitrogens with one attached hydrogen (secondary N) is 1. The van der Waals surface area contributed by atoms with Crippen molar-refractivity contribution in [2.24, 2.45) is 14.1 Å². The van der Waals surface area contributed by atoms with E-state index in [1.807, 2.05) is 30.4 Å². The van der Waals surface area contributed by atoms with Gasteiger partial charge in [0.1, 0.15) is 0 Å². The zero-order valence-corrected chi connectivity index (χ0v) is 22.8. The van der Waals surface area contributed by atoms with E-state index in [4.69, 9.17) is 9.84 Å². The van der Waals surface area contributed by atoms with Crippen molar-refractivity contribution in [3.63, 3.8) is 0 Å². The minimum absolute atomic E-state index is 0.218. The van der Waals surface area contributed by atoms with Gasteiger partial charge in [0.05, 0.1) is 36.0 Å². The van der Waals surface area contributed by atoms with Crippen LogP contribution in [0.5, 0.6) is 0 Å². The number of carbonyl (C=O) groups excluding carboxylic acids is 3. The number of amides is 3. The quantitative estimate of drug-likeness (QED) is 0.513. The molecule has 2 saturated heterocycles. The van der Waals surface area contributed by atoms with E-state index < -0.39 is 5.92 Å².